The zero-order valence-corrected chi connectivity index (χ0v) is 17.8. The zero-order valence-electron chi connectivity index (χ0n) is 15.4. The minimum Gasteiger partial charge on any atom is -0.497 e. The molecule has 3 aromatic rings. The van der Waals surface area contributed by atoms with Crippen LogP contribution in [0.4, 0.5) is 5.13 Å². The number of halogens is 1. The Hall–Kier alpha value is -2.97. The van der Waals surface area contributed by atoms with Crippen molar-refractivity contribution in [3.8, 4) is 17.0 Å². The molecule has 0 aliphatic heterocycles. The number of esters is 1. The molecule has 0 spiro atoms. The Kier molecular flexibility index (Phi) is 7.15. The summed E-state index contributed by atoms with van der Waals surface area (Å²) >= 11 is 4.72. The van der Waals surface area contributed by atoms with E-state index in [0.717, 1.165) is 21.3 Å². The summed E-state index contributed by atoms with van der Waals surface area (Å²) in [6.07, 6.45) is 2.85. The summed E-state index contributed by atoms with van der Waals surface area (Å²) in [5.74, 6) is -0.384. The smallest absolute Gasteiger partial charge is 0.331 e. The van der Waals surface area contributed by atoms with E-state index in [2.05, 4.69) is 26.2 Å². The number of amides is 1. The minimum atomic E-state index is -0.614. The number of benzene rings is 2. The number of anilines is 1. The highest BCUT2D eigenvalue weighted by Gasteiger charge is 2.10. The van der Waals surface area contributed by atoms with Gasteiger partial charge >= 0.3 is 5.97 Å². The van der Waals surface area contributed by atoms with Gasteiger partial charge in [0.25, 0.3) is 5.91 Å². The Balaban J connectivity index is 1.49. The molecule has 0 aliphatic rings. The normalized spacial score (nSPS) is 10.7. The van der Waals surface area contributed by atoms with Crippen LogP contribution in [0.3, 0.4) is 0 Å². The molecule has 1 heterocycles. The van der Waals surface area contributed by atoms with Gasteiger partial charge in [0, 0.05) is 21.5 Å². The lowest BCUT2D eigenvalue weighted by Crippen LogP contribution is -2.20. The van der Waals surface area contributed by atoms with Crippen LogP contribution in [0.15, 0.2) is 64.5 Å². The molecule has 0 saturated heterocycles. The molecule has 1 aromatic heterocycles. The Labute approximate surface area is 180 Å². The summed E-state index contributed by atoms with van der Waals surface area (Å²) < 4.78 is 11.0. The molecule has 148 valence electrons. The lowest BCUT2D eigenvalue weighted by Gasteiger charge is -2.03. The van der Waals surface area contributed by atoms with Crippen molar-refractivity contribution in [1.82, 2.24) is 4.98 Å². The number of carbonyl (C=O) groups excluding carboxylic acids is 2. The molecule has 0 saturated carbocycles. The van der Waals surface area contributed by atoms with Gasteiger partial charge in [-0.3, -0.25) is 10.1 Å². The summed E-state index contributed by atoms with van der Waals surface area (Å²) in [5, 5.41) is 4.92. The third kappa shape index (κ3) is 6.27. The molecule has 0 aliphatic carbocycles. The first-order valence-corrected chi connectivity index (χ1v) is 10.2. The molecule has 1 N–H and O–H groups in total. The van der Waals surface area contributed by atoms with Crippen molar-refractivity contribution in [2.24, 2.45) is 0 Å². The lowest BCUT2D eigenvalue weighted by atomic mass is 10.2. The van der Waals surface area contributed by atoms with Crippen LogP contribution in [-0.2, 0) is 14.3 Å². The van der Waals surface area contributed by atoms with Crippen LogP contribution < -0.4 is 10.1 Å². The minimum absolute atomic E-state index is 0.396. The molecule has 6 nitrogen and oxygen atoms in total. The van der Waals surface area contributed by atoms with Crippen LogP contribution in [0.5, 0.6) is 5.75 Å². The molecule has 29 heavy (non-hydrogen) atoms. The predicted octanol–water partition coefficient (Wildman–Crippen LogP) is 4.78. The number of rotatable bonds is 7. The molecule has 8 heteroatoms. The first-order chi connectivity index (χ1) is 14.0. The number of hydrogen-bond donors (Lipinski definition) is 1. The number of hydrogen-bond acceptors (Lipinski definition) is 6. The second-order valence-corrected chi connectivity index (χ2v) is 7.59. The van der Waals surface area contributed by atoms with E-state index in [-0.39, 0.29) is 0 Å². The van der Waals surface area contributed by atoms with Crippen molar-refractivity contribution in [1.29, 1.82) is 0 Å². The first kappa shape index (κ1) is 20.8. The van der Waals surface area contributed by atoms with Crippen LogP contribution in [-0.4, -0.2) is 30.6 Å². The molecule has 2 aromatic carbocycles. The van der Waals surface area contributed by atoms with E-state index in [4.69, 9.17) is 9.47 Å². The number of nitrogens with zero attached hydrogens (tertiary/aromatic N) is 1. The van der Waals surface area contributed by atoms with Crippen molar-refractivity contribution in [2.75, 3.05) is 19.0 Å². The molecule has 3 rings (SSSR count). The summed E-state index contributed by atoms with van der Waals surface area (Å²) in [7, 11) is 1.57. The topological polar surface area (TPSA) is 77.5 Å². The van der Waals surface area contributed by atoms with Gasteiger partial charge in [-0.2, -0.15) is 0 Å². The van der Waals surface area contributed by atoms with Crippen molar-refractivity contribution >= 4 is 50.4 Å². The molecule has 0 radical (unpaired) electrons. The monoisotopic (exact) mass is 472 g/mol. The largest absolute Gasteiger partial charge is 0.497 e. The quantitative estimate of drug-likeness (QED) is 0.395. The predicted molar refractivity (Wildman–Crippen MR) is 117 cm³/mol. The van der Waals surface area contributed by atoms with Crippen molar-refractivity contribution < 1.29 is 19.1 Å². The number of nitrogens with one attached hydrogen (secondary N) is 1. The van der Waals surface area contributed by atoms with Crippen LogP contribution in [0.1, 0.15) is 5.56 Å². The van der Waals surface area contributed by atoms with Crippen molar-refractivity contribution in [3.63, 3.8) is 0 Å². The van der Waals surface area contributed by atoms with Gasteiger partial charge in [-0.25, -0.2) is 9.78 Å². The van der Waals surface area contributed by atoms with E-state index in [9.17, 15) is 9.59 Å². The highest BCUT2D eigenvalue weighted by atomic mass is 79.9. The van der Waals surface area contributed by atoms with Gasteiger partial charge in [0.05, 0.1) is 12.8 Å². The highest BCUT2D eigenvalue weighted by Crippen LogP contribution is 2.26. The van der Waals surface area contributed by atoms with Crippen LogP contribution in [0.2, 0.25) is 0 Å². The summed E-state index contributed by atoms with van der Waals surface area (Å²) in [4.78, 5) is 28.2. The molecule has 0 atom stereocenters. The maximum Gasteiger partial charge on any atom is 0.331 e. The average Bonchev–Trinajstić information content (AvgIpc) is 3.19. The van der Waals surface area contributed by atoms with Crippen molar-refractivity contribution in [3.05, 3.63) is 70.0 Å². The van der Waals surface area contributed by atoms with Gasteiger partial charge in [-0.1, -0.05) is 40.2 Å². The lowest BCUT2D eigenvalue weighted by molar-refractivity contribution is -0.142. The van der Waals surface area contributed by atoms with Crippen LogP contribution in [0, 0.1) is 0 Å². The third-order valence-electron chi connectivity index (χ3n) is 3.72. The number of methoxy groups -OCH3 is 1. The summed E-state index contributed by atoms with van der Waals surface area (Å²) in [6, 6.07) is 14.9. The Bertz CT molecular complexity index is 1050. The van der Waals surface area contributed by atoms with Gasteiger partial charge in [-0.05, 0) is 35.9 Å². The second kappa shape index (κ2) is 9.99. The highest BCUT2D eigenvalue weighted by molar-refractivity contribution is 9.10. The SMILES string of the molecule is COc1cccc(/C=C/C(=O)OCC(=O)Nc2nc(-c3cccc(Br)c3)cs2)c1. The number of ether oxygens (including phenoxy) is 2. The Morgan fingerprint density at radius 3 is 2.83 bits per heavy atom. The Morgan fingerprint density at radius 1 is 1.21 bits per heavy atom. The molecular weight excluding hydrogens is 456 g/mol. The third-order valence-corrected chi connectivity index (χ3v) is 4.97. The zero-order chi connectivity index (χ0) is 20.6. The molecular formula is C21H17BrN2O4S. The average molecular weight is 473 g/mol. The molecule has 0 fully saturated rings. The van der Waals surface area contributed by atoms with Gasteiger partial charge in [0.15, 0.2) is 11.7 Å². The van der Waals surface area contributed by atoms with Crippen LogP contribution in [0.25, 0.3) is 17.3 Å². The van der Waals surface area contributed by atoms with Gasteiger partial charge in [-0.15, -0.1) is 11.3 Å². The van der Waals surface area contributed by atoms with E-state index in [0.29, 0.717) is 10.9 Å². The summed E-state index contributed by atoms with van der Waals surface area (Å²) in [5.41, 5.74) is 2.48. The van der Waals surface area contributed by atoms with E-state index < -0.39 is 18.5 Å². The number of carbonyl (C=O) groups is 2. The molecule has 0 unspecified atom stereocenters. The summed E-state index contributed by atoms with van der Waals surface area (Å²) in [6.45, 7) is -0.396. The maximum atomic E-state index is 12.0. The molecule has 1 amide bonds. The van der Waals surface area contributed by atoms with Crippen LogP contribution >= 0.6 is 27.3 Å². The fraction of sp³-hybridized carbons (Fsp3) is 0.0952. The fourth-order valence-electron chi connectivity index (χ4n) is 2.36. The van der Waals surface area contributed by atoms with Gasteiger partial charge in [0.1, 0.15) is 5.75 Å². The van der Waals surface area contributed by atoms with E-state index in [1.165, 1.54) is 17.4 Å². The number of aromatic nitrogens is 1. The fourth-order valence-corrected chi connectivity index (χ4v) is 3.50. The van der Waals surface area contributed by atoms with E-state index in [1.54, 1.807) is 25.3 Å². The van der Waals surface area contributed by atoms with Crippen molar-refractivity contribution in [2.45, 2.75) is 0 Å². The standard InChI is InChI=1S/C21H17BrN2O4S/c1-27-17-7-2-4-14(10-17)8-9-20(26)28-12-19(25)24-21-23-18(13-29-21)15-5-3-6-16(22)11-15/h2-11,13H,12H2,1H3,(H,23,24,25)/b9-8+. The second-order valence-electron chi connectivity index (χ2n) is 5.81. The van der Waals surface area contributed by atoms with E-state index in [1.807, 2.05) is 41.8 Å². The van der Waals surface area contributed by atoms with Gasteiger partial charge in [0.2, 0.25) is 0 Å². The van der Waals surface area contributed by atoms with E-state index >= 15 is 0 Å². The first-order valence-electron chi connectivity index (χ1n) is 8.54. The molecule has 0 bridgehead atoms. The van der Waals surface area contributed by atoms with Gasteiger partial charge < -0.3 is 9.47 Å². The Morgan fingerprint density at radius 2 is 2.03 bits per heavy atom. The number of thiazole rings is 1. The maximum absolute atomic E-state index is 12.0.